The molecule has 0 amide bonds. The van der Waals surface area contributed by atoms with E-state index in [4.69, 9.17) is 0 Å². The zero-order chi connectivity index (χ0) is 13.0. The van der Waals surface area contributed by atoms with Crippen LogP contribution in [0.1, 0.15) is 13.8 Å². The van der Waals surface area contributed by atoms with E-state index in [0.717, 1.165) is 43.2 Å². The molecular formula is C14H21N4. The number of aromatic nitrogens is 2. The number of fused-ring (bicyclic) bond motifs is 1. The van der Waals surface area contributed by atoms with Crippen LogP contribution in [0.4, 0.5) is 5.95 Å². The van der Waals surface area contributed by atoms with E-state index in [9.17, 15) is 0 Å². The summed E-state index contributed by atoms with van der Waals surface area (Å²) in [5.41, 5.74) is 1.95. The van der Waals surface area contributed by atoms with Crippen LogP contribution >= 0.6 is 0 Å². The van der Waals surface area contributed by atoms with Crippen molar-refractivity contribution in [3.63, 3.8) is 0 Å². The maximum Gasteiger partial charge on any atom is 0.203 e. The van der Waals surface area contributed by atoms with Gasteiger partial charge in [-0.3, -0.25) is 0 Å². The molecule has 0 fully saturated rings. The maximum atomic E-state index is 4.54. The molecule has 1 aromatic carbocycles. The molecule has 4 nitrogen and oxygen atoms in total. The highest BCUT2D eigenvalue weighted by atomic mass is 15.3. The molecule has 1 aromatic heterocycles. The molecule has 0 saturated heterocycles. The molecule has 0 unspecified atom stereocenters. The molecule has 4 heteroatoms. The Morgan fingerprint density at radius 2 is 2.06 bits per heavy atom. The molecule has 18 heavy (non-hydrogen) atoms. The largest absolute Gasteiger partial charge is 0.344 e. The fourth-order valence-electron chi connectivity index (χ4n) is 1.99. The van der Waals surface area contributed by atoms with Crippen LogP contribution in [0.5, 0.6) is 0 Å². The molecule has 0 atom stereocenters. The highest BCUT2D eigenvalue weighted by Crippen LogP contribution is 2.15. The lowest BCUT2D eigenvalue weighted by Gasteiger charge is -2.22. The number of nitrogens with one attached hydrogen (secondary N) is 1. The van der Waals surface area contributed by atoms with Gasteiger partial charge in [-0.2, -0.15) is 0 Å². The average Bonchev–Trinajstić information content (AvgIpc) is 2.83. The fourth-order valence-corrected chi connectivity index (χ4v) is 1.99. The second-order valence-electron chi connectivity index (χ2n) is 4.44. The van der Waals surface area contributed by atoms with Crippen LogP contribution in [-0.2, 0) is 0 Å². The van der Waals surface area contributed by atoms with Gasteiger partial charge in [-0.25, -0.2) is 4.98 Å². The molecular weight excluding hydrogens is 224 g/mol. The van der Waals surface area contributed by atoms with E-state index in [1.807, 2.05) is 18.2 Å². The highest BCUT2D eigenvalue weighted by molar-refractivity contribution is 5.76. The lowest BCUT2D eigenvalue weighted by atomic mass is 10.3. The van der Waals surface area contributed by atoms with E-state index < -0.39 is 0 Å². The summed E-state index contributed by atoms with van der Waals surface area (Å²) in [6, 6.07) is 9.03. The predicted molar refractivity (Wildman–Crippen MR) is 76.0 cm³/mol. The molecule has 2 rings (SSSR count). The van der Waals surface area contributed by atoms with Gasteiger partial charge in [0.2, 0.25) is 5.95 Å². The summed E-state index contributed by atoms with van der Waals surface area (Å²) in [6.07, 6.45) is 0. The highest BCUT2D eigenvalue weighted by Gasteiger charge is 2.08. The normalized spacial score (nSPS) is 11.3. The van der Waals surface area contributed by atoms with Gasteiger partial charge in [-0.05, 0) is 19.2 Å². The first-order chi connectivity index (χ1) is 8.74. The molecule has 0 aliphatic rings. The Kier molecular flexibility index (Phi) is 4.20. The smallest absolute Gasteiger partial charge is 0.203 e. The third kappa shape index (κ3) is 2.82. The summed E-state index contributed by atoms with van der Waals surface area (Å²) in [7, 11) is 2.07. The number of likely N-dealkylation sites (N-methyl/N-ethyl adjacent to an activating group) is 2. The van der Waals surface area contributed by atoms with Gasteiger partial charge in [0.05, 0.1) is 11.0 Å². The third-order valence-electron chi connectivity index (χ3n) is 3.31. The van der Waals surface area contributed by atoms with Gasteiger partial charge >= 0.3 is 0 Å². The van der Waals surface area contributed by atoms with Gasteiger partial charge in [0, 0.05) is 26.2 Å². The van der Waals surface area contributed by atoms with Crippen molar-refractivity contribution in [1.82, 2.24) is 14.9 Å². The number of imidazole rings is 1. The van der Waals surface area contributed by atoms with Crippen molar-refractivity contribution < 1.29 is 0 Å². The minimum atomic E-state index is 0.905. The van der Waals surface area contributed by atoms with Crippen molar-refractivity contribution in [2.24, 2.45) is 0 Å². The fraction of sp³-hybridized carbons (Fsp3) is 0.500. The number of hydrogen-bond donors (Lipinski definition) is 1. The van der Waals surface area contributed by atoms with Gasteiger partial charge in [-0.1, -0.05) is 26.0 Å². The number of nitrogens with zero attached hydrogens (tertiary/aromatic N) is 3. The standard InChI is InChI=1S/C14H21N4/c1-4-18(5-2)11-10-17(3)14-15-12-8-6-7-9-13(12)16-14/h6-8H,4-5,10-11H2,1-3H3,(H,15,16). The monoisotopic (exact) mass is 245 g/mol. The van der Waals surface area contributed by atoms with Crippen LogP contribution in [0, 0.1) is 6.07 Å². The summed E-state index contributed by atoms with van der Waals surface area (Å²) in [5.74, 6) is 0.916. The first kappa shape index (κ1) is 12.9. The van der Waals surface area contributed by atoms with Crippen LogP contribution < -0.4 is 4.90 Å². The van der Waals surface area contributed by atoms with Crippen LogP contribution in [0.25, 0.3) is 11.0 Å². The zero-order valence-electron chi connectivity index (χ0n) is 11.4. The van der Waals surface area contributed by atoms with Crippen LogP contribution in [-0.4, -0.2) is 48.1 Å². The van der Waals surface area contributed by atoms with Crippen molar-refractivity contribution in [2.75, 3.05) is 38.1 Å². The number of anilines is 1. The summed E-state index contributed by atoms with van der Waals surface area (Å²) >= 11 is 0. The molecule has 1 radical (unpaired) electrons. The van der Waals surface area contributed by atoms with Crippen LogP contribution in [0.15, 0.2) is 18.2 Å². The second kappa shape index (κ2) is 5.87. The molecule has 97 valence electrons. The van der Waals surface area contributed by atoms with Gasteiger partial charge in [0.15, 0.2) is 0 Å². The van der Waals surface area contributed by atoms with E-state index in [0.29, 0.717) is 0 Å². The van der Waals surface area contributed by atoms with E-state index in [1.54, 1.807) is 0 Å². The Bertz CT molecular complexity index is 454. The molecule has 1 N–H and O–H groups in total. The van der Waals surface area contributed by atoms with E-state index in [2.05, 4.69) is 46.7 Å². The minimum Gasteiger partial charge on any atom is -0.344 e. The number of H-pyrrole nitrogens is 1. The summed E-state index contributed by atoms with van der Waals surface area (Å²) < 4.78 is 0. The maximum absolute atomic E-state index is 4.54. The Morgan fingerprint density at radius 3 is 2.72 bits per heavy atom. The quantitative estimate of drug-likeness (QED) is 0.847. The van der Waals surface area contributed by atoms with E-state index in [-0.39, 0.29) is 0 Å². The lowest BCUT2D eigenvalue weighted by molar-refractivity contribution is 0.310. The summed E-state index contributed by atoms with van der Waals surface area (Å²) in [5, 5.41) is 0. The number of benzene rings is 1. The zero-order valence-corrected chi connectivity index (χ0v) is 11.4. The molecule has 0 spiro atoms. The van der Waals surface area contributed by atoms with Crippen LogP contribution in [0.2, 0.25) is 0 Å². The first-order valence-electron chi connectivity index (χ1n) is 6.54. The Hall–Kier alpha value is -1.55. The van der Waals surface area contributed by atoms with Crippen molar-refractivity contribution in [3.8, 4) is 0 Å². The molecule has 0 bridgehead atoms. The second-order valence-corrected chi connectivity index (χ2v) is 4.44. The van der Waals surface area contributed by atoms with Crippen molar-refractivity contribution in [2.45, 2.75) is 13.8 Å². The Morgan fingerprint density at radius 1 is 1.28 bits per heavy atom. The lowest BCUT2D eigenvalue weighted by Crippen LogP contribution is -2.33. The SMILES string of the molecule is CCN(CC)CCN(C)c1nc2[c]cccc2[nH]1. The topological polar surface area (TPSA) is 35.2 Å². The first-order valence-corrected chi connectivity index (χ1v) is 6.54. The van der Waals surface area contributed by atoms with Gasteiger partial charge in [-0.15, -0.1) is 0 Å². The Balaban J connectivity index is 2.02. The molecule has 2 aromatic rings. The summed E-state index contributed by atoms with van der Waals surface area (Å²) in [4.78, 5) is 12.4. The predicted octanol–water partition coefficient (Wildman–Crippen LogP) is 2.14. The number of para-hydroxylation sites is 1. The number of aromatic amines is 1. The van der Waals surface area contributed by atoms with Gasteiger partial charge in [0.25, 0.3) is 0 Å². The minimum absolute atomic E-state index is 0.905. The van der Waals surface area contributed by atoms with Gasteiger partial charge in [0.1, 0.15) is 0 Å². The number of hydrogen-bond acceptors (Lipinski definition) is 3. The van der Waals surface area contributed by atoms with E-state index in [1.165, 1.54) is 0 Å². The third-order valence-corrected chi connectivity index (χ3v) is 3.31. The molecule has 0 saturated carbocycles. The van der Waals surface area contributed by atoms with Crippen molar-refractivity contribution >= 4 is 17.0 Å². The molecule has 0 aliphatic carbocycles. The number of rotatable bonds is 6. The molecule has 1 heterocycles. The van der Waals surface area contributed by atoms with Crippen molar-refractivity contribution in [1.29, 1.82) is 0 Å². The molecule has 0 aliphatic heterocycles. The Labute approximate surface area is 109 Å². The van der Waals surface area contributed by atoms with E-state index >= 15 is 0 Å². The van der Waals surface area contributed by atoms with Gasteiger partial charge < -0.3 is 14.8 Å². The van der Waals surface area contributed by atoms with Crippen molar-refractivity contribution in [3.05, 3.63) is 24.3 Å². The summed E-state index contributed by atoms with van der Waals surface area (Å²) in [6.45, 7) is 8.61. The van der Waals surface area contributed by atoms with Crippen LogP contribution in [0.3, 0.4) is 0 Å². The average molecular weight is 245 g/mol.